The topological polar surface area (TPSA) is 138 Å². The van der Waals surface area contributed by atoms with Crippen molar-refractivity contribution in [2.24, 2.45) is 0 Å². The average molecular weight is 659 g/mol. The Hall–Kier alpha value is -2.05. The van der Waals surface area contributed by atoms with Crippen LogP contribution >= 0.6 is 0 Å². The lowest BCUT2D eigenvalue weighted by molar-refractivity contribution is 0.0700. The number of benzene rings is 1. The van der Waals surface area contributed by atoms with Gasteiger partial charge < -0.3 is 47.8 Å². The molecule has 0 aliphatic carbocycles. The van der Waals surface area contributed by atoms with Crippen molar-refractivity contribution in [1.29, 1.82) is 0 Å². The highest BCUT2D eigenvalue weighted by Gasteiger charge is 2.40. The number of hydrogen-bond acceptors (Lipinski definition) is 8. The standard InChI is InChI=1S/C30H58N4O8Si2/c1-7-37-43(38-8-2,39-9-3)25-13-21-31-29(35)33-23-19-27-15-17-28(18-16-27)20-24-34-30(36)32-22-14-26-44(40-10-4,41-11-5)42-12-6/h15-18H,7-14,19-26H2,1-6H3,(H2,31,33,35)(H2,32,34,36). The molecule has 0 unspecified atom stereocenters. The van der Waals surface area contributed by atoms with E-state index in [2.05, 4.69) is 45.5 Å². The van der Waals surface area contributed by atoms with Gasteiger partial charge >= 0.3 is 29.7 Å². The average Bonchev–Trinajstić information content (AvgIpc) is 2.99. The van der Waals surface area contributed by atoms with Gasteiger partial charge in [-0.1, -0.05) is 24.3 Å². The molecule has 0 aliphatic rings. The summed E-state index contributed by atoms with van der Waals surface area (Å²) < 4.78 is 35.1. The zero-order valence-electron chi connectivity index (χ0n) is 27.9. The summed E-state index contributed by atoms with van der Waals surface area (Å²) in [6.45, 7) is 17.0. The number of nitrogens with one attached hydrogen (secondary N) is 4. The molecule has 0 saturated carbocycles. The Morgan fingerprint density at radius 1 is 0.500 bits per heavy atom. The summed E-state index contributed by atoms with van der Waals surface area (Å²) in [4.78, 5) is 24.4. The summed E-state index contributed by atoms with van der Waals surface area (Å²) in [5.74, 6) is 0. The molecule has 1 aromatic rings. The van der Waals surface area contributed by atoms with Gasteiger partial charge in [-0.3, -0.25) is 0 Å². The Labute approximate surface area is 267 Å². The van der Waals surface area contributed by atoms with Crippen molar-refractivity contribution < 1.29 is 36.1 Å². The number of hydrogen-bond donors (Lipinski definition) is 4. The van der Waals surface area contributed by atoms with Crippen LogP contribution in [0.15, 0.2) is 24.3 Å². The summed E-state index contributed by atoms with van der Waals surface area (Å²) in [6, 6.07) is 9.16. The Morgan fingerprint density at radius 3 is 1.05 bits per heavy atom. The van der Waals surface area contributed by atoms with Crippen molar-refractivity contribution in [3.8, 4) is 0 Å². The van der Waals surface area contributed by atoms with Gasteiger partial charge in [-0.15, -0.1) is 0 Å². The summed E-state index contributed by atoms with van der Waals surface area (Å²) in [6.07, 6.45) is 2.89. The maximum absolute atomic E-state index is 12.2. The molecule has 0 radical (unpaired) electrons. The van der Waals surface area contributed by atoms with Crippen LogP contribution in [-0.2, 0) is 39.4 Å². The summed E-state index contributed by atoms with van der Waals surface area (Å²) in [5.41, 5.74) is 2.26. The molecule has 0 bridgehead atoms. The molecule has 0 spiro atoms. The van der Waals surface area contributed by atoms with Gasteiger partial charge in [-0.2, -0.15) is 0 Å². The SMILES string of the molecule is CCO[Si](CCCNC(=O)NCCc1ccc(CCNC(=O)NCCC[Si](OCC)(OCC)OCC)cc1)(OCC)OCC. The van der Waals surface area contributed by atoms with E-state index in [0.29, 0.717) is 77.9 Å². The third-order valence-corrected chi connectivity index (χ3v) is 12.8. The molecule has 14 heteroatoms. The second kappa shape index (κ2) is 24.2. The van der Waals surface area contributed by atoms with Crippen molar-refractivity contribution in [1.82, 2.24) is 21.3 Å². The van der Waals surface area contributed by atoms with Crippen molar-refractivity contribution in [3.05, 3.63) is 35.4 Å². The molecule has 0 aromatic heterocycles. The fourth-order valence-corrected chi connectivity index (χ4v) is 9.88. The van der Waals surface area contributed by atoms with Gasteiger partial charge in [0, 0.05) is 77.9 Å². The molecular formula is C30H58N4O8Si2. The molecule has 0 fully saturated rings. The van der Waals surface area contributed by atoms with Crippen molar-refractivity contribution in [2.45, 2.75) is 79.3 Å². The molecule has 0 atom stereocenters. The molecule has 1 aromatic carbocycles. The van der Waals surface area contributed by atoms with Crippen LogP contribution in [0.5, 0.6) is 0 Å². The lowest BCUT2D eigenvalue weighted by atomic mass is 10.1. The summed E-state index contributed by atoms with van der Waals surface area (Å²) >= 11 is 0. The number of amides is 4. The van der Waals surface area contributed by atoms with Crippen LogP contribution in [0.4, 0.5) is 9.59 Å². The molecule has 0 aliphatic heterocycles. The van der Waals surface area contributed by atoms with E-state index in [0.717, 1.165) is 36.8 Å². The number of rotatable bonds is 26. The smallest absolute Gasteiger partial charge is 0.374 e. The molecular weight excluding hydrogens is 601 g/mol. The monoisotopic (exact) mass is 658 g/mol. The van der Waals surface area contributed by atoms with Crippen LogP contribution < -0.4 is 21.3 Å². The van der Waals surface area contributed by atoms with Gasteiger partial charge in [0.1, 0.15) is 0 Å². The number of urea groups is 2. The minimum absolute atomic E-state index is 0.193. The van der Waals surface area contributed by atoms with E-state index in [1.54, 1.807) is 0 Å². The Morgan fingerprint density at radius 2 is 0.773 bits per heavy atom. The first kappa shape index (κ1) is 40.0. The maximum Gasteiger partial charge on any atom is 0.500 e. The van der Waals surface area contributed by atoms with E-state index in [9.17, 15) is 9.59 Å². The van der Waals surface area contributed by atoms with Crippen LogP contribution in [0.3, 0.4) is 0 Å². The molecule has 4 N–H and O–H groups in total. The highest BCUT2D eigenvalue weighted by Crippen LogP contribution is 2.18. The van der Waals surface area contributed by atoms with Gasteiger partial charge in [0.15, 0.2) is 0 Å². The first-order chi connectivity index (χ1) is 21.3. The highest BCUT2D eigenvalue weighted by atomic mass is 28.4. The largest absolute Gasteiger partial charge is 0.500 e. The quantitative estimate of drug-likeness (QED) is 0.0857. The first-order valence-corrected chi connectivity index (χ1v) is 20.1. The normalized spacial score (nSPS) is 11.8. The van der Waals surface area contributed by atoms with E-state index < -0.39 is 17.6 Å². The molecule has 254 valence electrons. The van der Waals surface area contributed by atoms with E-state index in [1.165, 1.54) is 0 Å². The van der Waals surface area contributed by atoms with Gasteiger partial charge in [-0.05, 0) is 78.4 Å². The first-order valence-electron chi connectivity index (χ1n) is 16.3. The maximum atomic E-state index is 12.2. The number of carbonyl (C=O) groups excluding carboxylic acids is 2. The van der Waals surface area contributed by atoms with E-state index in [4.69, 9.17) is 26.6 Å². The van der Waals surface area contributed by atoms with Gasteiger partial charge in [0.2, 0.25) is 0 Å². The zero-order valence-corrected chi connectivity index (χ0v) is 29.9. The fraction of sp³-hybridized carbons (Fsp3) is 0.733. The molecule has 0 heterocycles. The predicted molar refractivity (Wildman–Crippen MR) is 177 cm³/mol. The predicted octanol–water partition coefficient (Wildman–Crippen LogP) is 4.25. The molecule has 44 heavy (non-hydrogen) atoms. The molecule has 12 nitrogen and oxygen atoms in total. The highest BCUT2D eigenvalue weighted by molar-refractivity contribution is 6.61. The van der Waals surface area contributed by atoms with E-state index in [-0.39, 0.29) is 12.1 Å². The van der Waals surface area contributed by atoms with Crippen molar-refractivity contribution in [2.75, 3.05) is 65.8 Å². The second-order valence-electron chi connectivity index (χ2n) is 9.85. The third kappa shape index (κ3) is 16.9. The van der Waals surface area contributed by atoms with Crippen LogP contribution in [0.25, 0.3) is 0 Å². The van der Waals surface area contributed by atoms with E-state index >= 15 is 0 Å². The van der Waals surface area contributed by atoms with Crippen molar-refractivity contribution in [3.63, 3.8) is 0 Å². The number of carbonyl (C=O) groups is 2. The lowest BCUT2D eigenvalue weighted by Gasteiger charge is -2.28. The van der Waals surface area contributed by atoms with Crippen molar-refractivity contribution >= 4 is 29.7 Å². The van der Waals surface area contributed by atoms with Gasteiger partial charge in [0.25, 0.3) is 0 Å². The lowest BCUT2D eigenvalue weighted by Crippen LogP contribution is -2.46. The van der Waals surface area contributed by atoms with Crippen LogP contribution in [0, 0.1) is 0 Å². The van der Waals surface area contributed by atoms with Crippen LogP contribution in [0.2, 0.25) is 12.1 Å². The summed E-state index contributed by atoms with van der Waals surface area (Å²) in [5, 5.41) is 11.6. The Bertz CT molecular complexity index is 793. The zero-order chi connectivity index (χ0) is 32.5. The molecule has 0 saturated heterocycles. The summed E-state index contributed by atoms with van der Waals surface area (Å²) in [7, 11) is -5.36. The minimum atomic E-state index is -2.68. The Kier molecular flexibility index (Phi) is 22.0. The third-order valence-electron chi connectivity index (χ3n) is 6.50. The second-order valence-corrected chi connectivity index (χ2v) is 15.3. The van der Waals surface area contributed by atoms with Gasteiger partial charge in [-0.25, -0.2) is 9.59 Å². The van der Waals surface area contributed by atoms with Gasteiger partial charge in [0.05, 0.1) is 0 Å². The van der Waals surface area contributed by atoms with Crippen LogP contribution in [0.1, 0.15) is 65.5 Å². The molecule has 1 rings (SSSR count). The molecule has 4 amide bonds. The Balaban J connectivity index is 2.26. The van der Waals surface area contributed by atoms with Crippen LogP contribution in [-0.4, -0.2) is 95.5 Å². The fourth-order valence-electron chi connectivity index (χ4n) is 4.65. The van der Waals surface area contributed by atoms with E-state index in [1.807, 2.05) is 41.5 Å². The minimum Gasteiger partial charge on any atom is -0.374 e.